The number of benzene rings is 2. The fraction of sp³-hybridized carbons (Fsp3) is 0.333. The predicted molar refractivity (Wildman–Crippen MR) is 86.3 cm³/mol. The molecule has 0 fully saturated rings. The van der Waals surface area contributed by atoms with E-state index in [0.717, 1.165) is 29.7 Å². The van der Waals surface area contributed by atoms with E-state index in [9.17, 15) is 10.2 Å². The van der Waals surface area contributed by atoms with Gasteiger partial charge >= 0.3 is 0 Å². The quantitative estimate of drug-likeness (QED) is 0.799. The molecule has 0 aliphatic carbocycles. The Morgan fingerprint density at radius 1 is 1.09 bits per heavy atom. The Morgan fingerprint density at radius 2 is 1.83 bits per heavy atom. The van der Waals surface area contributed by atoms with Gasteiger partial charge < -0.3 is 25.0 Å². The van der Waals surface area contributed by atoms with E-state index in [0.29, 0.717) is 17.9 Å². The van der Waals surface area contributed by atoms with Crippen molar-refractivity contribution in [1.29, 1.82) is 0 Å². The molecular weight excluding hydrogens is 294 g/mol. The average molecular weight is 316 g/mol. The number of phenolic OH excluding ortho intramolecular Hbond substituents is 2. The number of hydrogen-bond donors (Lipinski definition) is 3. The summed E-state index contributed by atoms with van der Waals surface area (Å²) >= 11 is 0. The summed E-state index contributed by atoms with van der Waals surface area (Å²) in [5, 5.41) is 22.7. The zero-order valence-electron chi connectivity index (χ0n) is 13.4. The van der Waals surface area contributed by atoms with Crippen molar-refractivity contribution in [1.82, 2.24) is 0 Å². The number of aromatic hydroxyl groups is 2. The van der Waals surface area contributed by atoms with Crippen LogP contribution in [-0.4, -0.2) is 31.0 Å². The molecule has 0 spiro atoms. The minimum Gasteiger partial charge on any atom is -0.504 e. The average Bonchev–Trinajstić information content (AvgIpc) is 2.55. The number of rotatable bonds is 4. The number of methoxy groups -OCH3 is 2. The van der Waals surface area contributed by atoms with E-state index in [1.54, 1.807) is 19.2 Å². The van der Waals surface area contributed by atoms with Gasteiger partial charge in [0.2, 0.25) is 0 Å². The minimum absolute atomic E-state index is 0.0987. The van der Waals surface area contributed by atoms with Crippen molar-refractivity contribution in [3.05, 3.63) is 47.0 Å². The second-order valence-corrected chi connectivity index (χ2v) is 5.78. The molecule has 4 N–H and O–H groups in total. The summed E-state index contributed by atoms with van der Waals surface area (Å²) in [5.74, 6) is 1.33. The third-order valence-corrected chi connectivity index (χ3v) is 4.42. The highest BCUT2D eigenvalue weighted by Crippen LogP contribution is 2.38. The molecule has 122 valence electrons. The van der Waals surface area contributed by atoms with E-state index in [1.807, 2.05) is 18.2 Å². The lowest BCUT2D eigenvalue weighted by Gasteiger charge is -2.25. The second-order valence-electron chi connectivity index (χ2n) is 5.78. The maximum Gasteiger partial charge on any atom is 0.167 e. The maximum atomic E-state index is 10.5. The van der Waals surface area contributed by atoms with Gasteiger partial charge in [0.1, 0.15) is 6.04 Å². The van der Waals surface area contributed by atoms with Gasteiger partial charge in [-0.1, -0.05) is 12.1 Å². The number of hydrogen-bond acceptors (Lipinski definition) is 4. The fourth-order valence-corrected chi connectivity index (χ4v) is 3.29. The molecule has 0 aromatic heterocycles. The minimum atomic E-state index is 0.0987. The number of quaternary nitrogens is 1. The summed E-state index contributed by atoms with van der Waals surface area (Å²) in [7, 11) is 3.09. The van der Waals surface area contributed by atoms with Crippen molar-refractivity contribution in [2.24, 2.45) is 0 Å². The van der Waals surface area contributed by atoms with Crippen molar-refractivity contribution in [3.8, 4) is 23.0 Å². The van der Waals surface area contributed by atoms with E-state index < -0.39 is 0 Å². The van der Waals surface area contributed by atoms with Gasteiger partial charge in [0.05, 0.1) is 26.3 Å². The Bertz CT molecular complexity index is 714. The van der Waals surface area contributed by atoms with Crippen LogP contribution in [0.4, 0.5) is 0 Å². The first-order valence-corrected chi connectivity index (χ1v) is 7.72. The Morgan fingerprint density at radius 3 is 2.52 bits per heavy atom. The molecule has 1 unspecified atom stereocenters. The van der Waals surface area contributed by atoms with Crippen LogP contribution in [0.1, 0.15) is 22.7 Å². The molecule has 1 heterocycles. The van der Waals surface area contributed by atoms with Gasteiger partial charge in [-0.25, -0.2) is 0 Å². The Kier molecular flexibility index (Phi) is 4.30. The third kappa shape index (κ3) is 2.92. The second kappa shape index (κ2) is 6.38. The molecule has 5 heteroatoms. The molecule has 23 heavy (non-hydrogen) atoms. The summed E-state index contributed by atoms with van der Waals surface area (Å²) in [6.07, 6.45) is 1.64. The van der Waals surface area contributed by atoms with Crippen LogP contribution < -0.4 is 14.8 Å². The first-order valence-electron chi connectivity index (χ1n) is 7.72. The Balaban J connectivity index is 1.92. The lowest BCUT2D eigenvalue weighted by atomic mass is 9.89. The Hall–Kier alpha value is -2.40. The molecule has 3 rings (SSSR count). The molecule has 0 bridgehead atoms. The zero-order valence-corrected chi connectivity index (χ0v) is 13.4. The number of phenols is 2. The first kappa shape index (κ1) is 15.5. The number of ether oxygens (including phenoxy) is 2. The lowest BCUT2D eigenvalue weighted by molar-refractivity contribution is -0.698. The van der Waals surface area contributed by atoms with Gasteiger partial charge in [0.15, 0.2) is 23.0 Å². The van der Waals surface area contributed by atoms with Gasteiger partial charge in [-0.2, -0.15) is 0 Å². The molecule has 2 aromatic carbocycles. The van der Waals surface area contributed by atoms with E-state index in [4.69, 9.17) is 9.47 Å². The normalized spacial score (nSPS) is 16.7. The molecule has 0 amide bonds. The van der Waals surface area contributed by atoms with E-state index in [2.05, 4.69) is 5.32 Å². The molecule has 0 radical (unpaired) electrons. The van der Waals surface area contributed by atoms with Crippen molar-refractivity contribution < 1.29 is 25.0 Å². The molecular formula is C18H22NO4+. The van der Waals surface area contributed by atoms with Gasteiger partial charge in [-0.3, -0.25) is 0 Å². The zero-order chi connectivity index (χ0) is 16.4. The molecule has 1 aliphatic rings. The number of fused-ring (bicyclic) bond motifs is 1. The molecule has 0 saturated carbocycles. The van der Waals surface area contributed by atoms with E-state index >= 15 is 0 Å². The van der Waals surface area contributed by atoms with Crippen molar-refractivity contribution >= 4 is 0 Å². The van der Waals surface area contributed by atoms with Crippen molar-refractivity contribution in [2.45, 2.75) is 18.9 Å². The monoisotopic (exact) mass is 316 g/mol. The van der Waals surface area contributed by atoms with Crippen LogP contribution in [0.2, 0.25) is 0 Å². The van der Waals surface area contributed by atoms with Crippen LogP contribution in [0.25, 0.3) is 0 Å². The predicted octanol–water partition coefficient (Wildman–Crippen LogP) is 1.52. The summed E-state index contributed by atoms with van der Waals surface area (Å²) in [5.41, 5.74) is 3.10. The number of nitrogens with two attached hydrogens (primary N) is 1. The summed E-state index contributed by atoms with van der Waals surface area (Å²) < 4.78 is 10.3. The maximum absolute atomic E-state index is 10.5. The van der Waals surface area contributed by atoms with E-state index in [1.165, 1.54) is 7.11 Å². The molecule has 5 nitrogen and oxygen atoms in total. The van der Waals surface area contributed by atoms with Gasteiger partial charge in [0, 0.05) is 12.8 Å². The van der Waals surface area contributed by atoms with Crippen LogP contribution in [0, 0.1) is 0 Å². The molecule has 0 saturated heterocycles. The largest absolute Gasteiger partial charge is 0.504 e. The smallest absolute Gasteiger partial charge is 0.167 e. The highest BCUT2D eigenvalue weighted by molar-refractivity contribution is 5.52. The van der Waals surface area contributed by atoms with Crippen molar-refractivity contribution in [2.75, 3.05) is 20.8 Å². The molecule has 1 aliphatic heterocycles. The highest BCUT2D eigenvalue weighted by atomic mass is 16.5. The van der Waals surface area contributed by atoms with Gasteiger partial charge in [-0.15, -0.1) is 0 Å². The topological polar surface area (TPSA) is 75.5 Å². The van der Waals surface area contributed by atoms with Crippen LogP contribution in [0.5, 0.6) is 23.0 Å². The van der Waals surface area contributed by atoms with Crippen molar-refractivity contribution in [3.63, 3.8) is 0 Å². The summed E-state index contributed by atoms with van der Waals surface area (Å²) in [6.45, 7) is 0.978. The molecule has 2 aromatic rings. The first-order chi connectivity index (χ1) is 11.1. The third-order valence-electron chi connectivity index (χ3n) is 4.42. The highest BCUT2D eigenvalue weighted by Gasteiger charge is 2.28. The summed E-state index contributed by atoms with van der Waals surface area (Å²) in [6, 6.07) is 9.37. The molecule has 1 atom stereocenters. The lowest BCUT2D eigenvalue weighted by Crippen LogP contribution is -2.87. The van der Waals surface area contributed by atoms with Crippen LogP contribution >= 0.6 is 0 Å². The summed E-state index contributed by atoms with van der Waals surface area (Å²) in [4.78, 5) is 0. The van der Waals surface area contributed by atoms with Crippen LogP contribution in [0.3, 0.4) is 0 Å². The van der Waals surface area contributed by atoms with Gasteiger partial charge in [-0.05, 0) is 29.3 Å². The fourth-order valence-electron chi connectivity index (χ4n) is 3.29. The van der Waals surface area contributed by atoms with E-state index in [-0.39, 0.29) is 17.5 Å². The van der Waals surface area contributed by atoms with Crippen LogP contribution in [0.15, 0.2) is 30.3 Å². The standard InChI is InChI=1S/C18H21NO4/c1-22-15-5-3-11(10-14(15)20)9-13-17-12(7-8-19-13)4-6-16(23-2)18(17)21/h3-6,10,13,19-21H,7-9H2,1-2H3/p+1. The van der Waals surface area contributed by atoms with Gasteiger partial charge in [0.25, 0.3) is 0 Å². The Labute approximate surface area is 135 Å². The van der Waals surface area contributed by atoms with Crippen LogP contribution in [-0.2, 0) is 12.8 Å². The SMILES string of the molecule is COc1ccc(CC2[NH2+]CCc3ccc(OC)c(O)c32)cc1O.